The van der Waals surface area contributed by atoms with E-state index in [4.69, 9.17) is 4.74 Å². The Labute approximate surface area is 113 Å². The monoisotopic (exact) mass is 255 g/mol. The highest BCUT2D eigenvalue weighted by Gasteiger charge is 2.08. The SMILES string of the molecule is COc1ccccc1N/C(C)=C/C(=O)C1=CC=CC1. The van der Waals surface area contributed by atoms with E-state index >= 15 is 0 Å². The molecular formula is C16H17NO2. The van der Waals surface area contributed by atoms with Gasteiger partial charge in [0.15, 0.2) is 5.78 Å². The van der Waals surface area contributed by atoms with E-state index in [9.17, 15) is 4.79 Å². The number of allylic oxidation sites excluding steroid dienone is 6. The van der Waals surface area contributed by atoms with Crippen LogP contribution in [0.2, 0.25) is 0 Å². The molecule has 2 rings (SSSR count). The molecule has 0 atom stereocenters. The molecular weight excluding hydrogens is 238 g/mol. The zero-order valence-electron chi connectivity index (χ0n) is 11.1. The van der Waals surface area contributed by atoms with Crippen LogP contribution in [0.5, 0.6) is 5.75 Å². The topological polar surface area (TPSA) is 38.3 Å². The van der Waals surface area contributed by atoms with E-state index in [2.05, 4.69) is 5.32 Å². The van der Waals surface area contributed by atoms with Gasteiger partial charge in [0, 0.05) is 17.3 Å². The van der Waals surface area contributed by atoms with Crippen molar-refractivity contribution in [2.45, 2.75) is 13.3 Å². The van der Waals surface area contributed by atoms with Crippen molar-refractivity contribution < 1.29 is 9.53 Å². The molecule has 0 radical (unpaired) electrons. The predicted octanol–water partition coefficient (Wildman–Crippen LogP) is 3.47. The van der Waals surface area contributed by atoms with Gasteiger partial charge in [0.25, 0.3) is 0 Å². The van der Waals surface area contributed by atoms with Gasteiger partial charge in [-0.2, -0.15) is 0 Å². The van der Waals surface area contributed by atoms with Crippen LogP contribution in [0.3, 0.4) is 0 Å². The summed E-state index contributed by atoms with van der Waals surface area (Å²) in [4.78, 5) is 11.9. The lowest BCUT2D eigenvalue weighted by molar-refractivity contribution is -0.111. The number of ketones is 1. The fourth-order valence-corrected chi connectivity index (χ4v) is 1.92. The minimum atomic E-state index is 0.0462. The molecule has 3 nitrogen and oxygen atoms in total. The van der Waals surface area contributed by atoms with Gasteiger partial charge >= 0.3 is 0 Å². The molecule has 3 heteroatoms. The number of nitrogens with one attached hydrogen (secondary N) is 1. The van der Waals surface area contributed by atoms with Crippen LogP contribution >= 0.6 is 0 Å². The van der Waals surface area contributed by atoms with Crippen molar-refractivity contribution in [2.75, 3.05) is 12.4 Å². The normalized spacial score (nSPS) is 14.2. The van der Waals surface area contributed by atoms with Crippen molar-refractivity contribution in [3.05, 3.63) is 59.8 Å². The lowest BCUT2D eigenvalue weighted by Crippen LogP contribution is -2.03. The van der Waals surface area contributed by atoms with Gasteiger partial charge in [-0.15, -0.1) is 0 Å². The zero-order valence-corrected chi connectivity index (χ0v) is 11.1. The minimum absolute atomic E-state index is 0.0462. The van der Waals surface area contributed by atoms with Gasteiger partial charge in [-0.3, -0.25) is 4.79 Å². The molecule has 0 heterocycles. The summed E-state index contributed by atoms with van der Waals surface area (Å²) < 4.78 is 5.25. The van der Waals surface area contributed by atoms with Gasteiger partial charge in [0.1, 0.15) is 5.75 Å². The third kappa shape index (κ3) is 3.35. The molecule has 1 aromatic carbocycles. The number of rotatable bonds is 5. The first-order chi connectivity index (χ1) is 9.20. The van der Waals surface area contributed by atoms with E-state index < -0.39 is 0 Å². The van der Waals surface area contributed by atoms with Gasteiger partial charge in [-0.05, 0) is 25.5 Å². The molecule has 0 saturated carbocycles. The molecule has 1 aliphatic rings. The summed E-state index contributed by atoms with van der Waals surface area (Å²) >= 11 is 0. The molecule has 0 unspecified atom stereocenters. The summed E-state index contributed by atoms with van der Waals surface area (Å²) in [6.45, 7) is 1.87. The van der Waals surface area contributed by atoms with Crippen molar-refractivity contribution in [1.29, 1.82) is 0 Å². The molecule has 1 N–H and O–H groups in total. The van der Waals surface area contributed by atoms with Gasteiger partial charge < -0.3 is 10.1 Å². The maximum atomic E-state index is 11.9. The maximum absolute atomic E-state index is 11.9. The predicted molar refractivity (Wildman–Crippen MR) is 77.2 cm³/mol. The average molecular weight is 255 g/mol. The Morgan fingerprint density at radius 3 is 2.84 bits per heavy atom. The summed E-state index contributed by atoms with van der Waals surface area (Å²) in [5, 5.41) is 3.18. The van der Waals surface area contributed by atoms with Crippen molar-refractivity contribution in [3.8, 4) is 5.75 Å². The number of benzene rings is 1. The molecule has 0 bridgehead atoms. The number of ether oxygens (including phenoxy) is 1. The first-order valence-electron chi connectivity index (χ1n) is 6.19. The van der Waals surface area contributed by atoms with E-state index in [1.54, 1.807) is 13.2 Å². The van der Waals surface area contributed by atoms with E-state index in [1.165, 1.54) is 0 Å². The Balaban J connectivity index is 2.08. The third-order valence-corrected chi connectivity index (χ3v) is 2.87. The number of hydrogen-bond acceptors (Lipinski definition) is 3. The first kappa shape index (κ1) is 13.1. The summed E-state index contributed by atoms with van der Waals surface area (Å²) in [6, 6.07) is 7.62. The summed E-state index contributed by atoms with van der Waals surface area (Å²) in [5.74, 6) is 0.800. The van der Waals surface area contributed by atoms with Gasteiger partial charge in [0.05, 0.1) is 12.8 Å². The molecule has 0 fully saturated rings. The number of carbonyl (C=O) groups is 1. The fraction of sp³-hybridized carbons (Fsp3) is 0.188. The van der Waals surface area contributed by atoms with E-state index in [-0.39, 0.29) is 5.78 Å². The Kier molecular flexibility index (Phi) is 4.18. The number of carbonyl (C=O) groups excluding carboxylic acids is 1. The summed E-state index contributed by atoms with van der Waals surface area (Å²) in [6.07, 6.45) is 8.08. The second-order valence-corrected chi connectivity index (χ2v) is 4.34. The maximum Gasteiger partial charge on any atom is 0.183 e. The van der Waals surface area contributed by atoms with Crippen LogP contribution in [0.4, 0.5) is 5.69 Å². The quantitative estimate of drug-likeness (QED) is 0.819. The van der Waals surface area contributed by atoms with Crippen LogP contribution in [-0.2, 0) is 4.79 Å². The second kappa shape index (κ2) is 6.05. The van der Waals surface area contributed by atoms with Crippen LogP contribution in [0.25, 0.3) is 0 Å². The highest BCUT2D eigenvalue weighted by atomic mass is 16.5. The minimum Gasteiger partial charge on any atom is -0.495 e. The van der Waals surface area contributed by atoms with E-state index in [0.29, 0.717) is 0 Å². The Bertz CT molecular complexity index is 568. The largest absolute Gasteiger partial charge is 0.495 e. The third-order valence-electron chi connectivity index (χ3n) is 2.87. The number of methoxy groups -OCH3 is 1. The summed E-state index contributed by atoms with van der Waals surface area (Å²) in [5.41, 5.74) is 2.47. The molecule has 0 amide bonds. The van der Waals surface area contributed by atoms with Crippen LogP contribution in [-0.4, -0.2) is 12.9 Å². The molecule has 0 aromatic heterocycles. The molecule has 0 spiro atoms. The van der Waals surface area contributed by atoms with Crippen molar-refractivity contribution >= 4 is 11.5 Å². The van der Waals surface area contributed by atoms with Gasteiger partial charge in [0.2, 0.25) is 0 Å². The Hall–Kier alpha value is -2.29. The van der Waals surface area contributed by atoms with E-state index in [0.717, 1.165) is 29.1 Å². The number of hydrogen-bond donors (Lipinski definition) is 1. The molecule has 98 valence electrons. The molecule has 0 saturated heterocycles. The summed E-state index contributed by atoms with van der Waals surface area (Å²) in [7, 11) is 1.62. The lowest BCUT2D eigenvalue weighted by Gasteiger charge is -2.11. The Morgan fingerprint density at radius 2 is 2.16 bits per heavy atom. The number of para-hydroxylation sites is 2. The highest BCUT2D eigenvalue weighted by Crippen LogP contribution is 2.24. The van der Waals surface area contributed by atoms with Crippen LogP contribution < -0.4 is 10.1 Å². The van der Waals surface area contributed by atoms with Crippen LogP contribution in [0.1, 0.15) is 13.3 Å². The standard InChI is InChI=1S/C16H17NO2/c1-12(11-15(18)13-7-3-4-8-13)17-14-9-5-6-10-16(14)19-2/h3-7,9-11,17H,8H2,1-2H3/b12-11+. The van der Waals surface area contributed by atoms with E-state index in [1.807, 2.05) is 49.4 Å². The van der Waals surface area contributed by atoms with Crippen LogP contribution in [0.15, 0.2) is 59.8 Å². The van der Waals surface area contributed by atoms with Gasteiger partial charge in [-0.25, -0.2) is 0 Å². The van der Waals surface area contributed by atoms with Crippen LogP contribution in [0, 0.1) is 0 Å². The molecule has 1 aromatic rings. The van der Waals surface area contributed by atoms with Crippen molar-refractivity contribution in [1.82, 2.24) is 0 Å². The first-order valence-corrected chi connectivity index (χ1v) is 6.19. The molecule has 0 aliphatic heterocycles. The zero-order chi connectivity index (χ0) is 13.7. The van der Waals surface area contributed by atoms with Gasteiger partial charge in [-0.1, -0.05) is 30.4 Å². The molecule has 1 aliphatic carbocycles. The molecule has 19 heavy (non-hydrogen) atoms. The average Bonchev–Trinajstić information content (AvgIpc) is 2.93. The Morgan fingerprint density at radius 1 is 1.37 bits per heavy atom. The number of anilines is 1. The van der Waals surface area contributed by atoms with Crippen molar-refractivity contribution in [2.24, 2.45) is 0 Å². The highest BCUT2D eigenvalue weighted by molar-refractivity contribution is 6.05. The smallest absolute Gasteiger partial charge is 0.183 e. The fourth-order valence-electron chi connectivity index (χ4n) is 1.92. The lowest BCUT2D eigenvalue weighted by atomic mass is 10.1. The second-order valence-electron chi connectivity index (χ2n) is 4.34. The van der Waals surface area contributed by atoms with Crippen molar-refractivity contribution in [3.63, 3.8) is 0 Å².